The molecule has 2 aromatic carbocycles. The molecule has 7 amide bonds. The van der Waals surface area contributed by atoms with E-state index >= 15 is 0 Å². The maximum atomic E-state index is 14.2. The zero-order valence-corrected chi connectivity index (χ0v) is 31.2. The van der Waals surface area contributed by atoms with Gasteiger partial charge in [0, 0.05) is 18.6 Å². The van der Waals surface area contributed by atoms with Gasteiger partial charge in [-0.15, -0.1) is 11.8 Å². The average molecular weight is 806 g/mol. The van der Waals surface area contributed by atoms with Gasteiger partial charge < -0.3 is 47.7 Å². The maximum Gasteiger partial charge on any atom is 0.524 e. The van der Waals surface area contributed by atoms with Crippen LogP contribution in [-0.2, 0) is 51.0 Å². The van der Waals surface area contributed by atoms with Crippen LogP contribution in [0.1, 0.15) is 49.7 Å². The molecular weight excluding hydrogens is 761 g/mol. The Labute approximate surface area is 319 Å². The summed E-state index contributed by atoms with van der Waals surface area (Å²) < 4.78 is 15.8. The van der Waals surface area contributed by atoms with Crippen LogP contribution in [0.3, 0.4) is 0 Å². The normalized spacial score (nSPS) is 23.1. The van der Waals surface area contributed by atoms with Crippen molar-refractivity contribution < 1.29 is 57.5 Å². The van der Waals surface area contributed by atoms with Gasteiger partial charge >= 0.3 is 7.82 Å². The predicted molar refractivity (Wildman–Crippen MR) is 197 cm³/mol. The molecular formula is C34H44N7O12PS. The third-order valence-electron chi connectivity index (χ3n) is 8.96. The fraction of sp³-hybridized carbons (Fsp3) is 0.441. The van der Waals surface area contributed by atoms with Crippen molar-refractivity contribution in [3.05, 3.63) is 59.7 Å². The van der Waals surface area contributed by atoms with Crippen molar-refractivity contribution in [3.63, 3.8) is 0 Å². The average Bonchev–Trinajstić information content (AvgIpc) is 3.11. The molecule has 1 saturated carbocycles. The van der Waals surface area contributed by atoms with E-state index in [0.29, 0.717) is 24.0 Å². The number of benzene rings is 2. The van der Waals surface area contributed by atoms with Crippen LogP contribution in [0, 0.1) is 0 Å². The third kappa shape index (κ3) is 13.0. The molecule has 12 N–H and O–H groups in total. The van der Waals surface area contributed by atoms with Crippen molar-refractivity contribution in [2.45, 2.75) is 81.1 Å². The van der Waals surface area contributed by atoms with Crippen molar-refractivity contribution in [3.8, 4) is 11.5 Å². The Bertz CT molecular complexity index is 1800. The molecule has 21 heteroatoms. The van der Waals surface area contributed by atoms with Gasteiger partial charge in [0.05, 0.1) is 12.2 Å². The number of phenolic OH excluding ortho intramolecular Hbond substituents is 1. The molecule has 1 heterocycles. The molecule has 4 rings (SSSR count). The van der Waals surface area contributed by atoms with E-state index in [1.54, 1.807) is 0 Å². The predicted octanol–water partition coefficient (Wildman–Crippen LogP) is -1.49. The molecule has 19 nitrogen and oxygen atoms in total. The van der Waals surface area contributed by atoms with Crippen molar-refractivity contribution in [2.75, 3.05) is 11.5 Å². The number of phosphoric ester groups is 1. The molecule has 0 aromatic heterocycles. The minimum atomic E-state index is -4.85. The van der Waals surface area contributed by atoms with E-state index in [2.05, 4.69) is 31.1 Å². The SMILES string of the molecule is NC(=O)C[C@@H]1NC(=O)C2(CCCCC2)NC(=O)[C@H](Cc2ccc(OP(=O)(O)O)cc2)NC(=O)CSC[C@@H](C(N)=O)NC(=O)[C@H](Cc2ccc(O)cc2)NC1=O. The van der Waals surface area contributed by atoms with Gasteiger partial charge in [-0.2, -0.15) is 0 Å². The summed E-state index contributed by atoms with van der Waals surface area (Å²) in [5, 5.41) is 22.7. The number of thioether (sulfide) groups is 1. The highest BCUT2D eigenvalue weighted by Gasteiger charge is 2.44. The van der Waals surface area contributed by atoms with E-state index < -0.39 is 85.3 Å². The van der Waals surface area contributed by atoms with Crippen molar-refractivity contribution in [2.24, 2.45) is 11.5 Å². The zero-order chi connectivity index (χ0) is 40.3. The van der Waals surface area contributed by atoms with Crippen LogP contribution < -0.4 is 42.6 Å². The van der Waals surface area contributed by atoms with Gasteiger partial charge in [0.15, 0.2) is 0 Å². The van der Waals surface area contributed by atoms with Crippen molar-refractivity contribution in [1.29, 1.82) is 0 Å². The van der Waals surface area contributed by atoms with E-state index in [1.807, 2.05) is 0 Å². The van der Waals surface area contributed by atoms with Crippen molar-refractivity contribution in [1.82, 2.24) is 26.6 Å². The Morgan fingerprint density at radius 2 is 1.35 bits per heavy atom. The van der Waals surface area contributed by atoms with Crippen LogP contribution in [0.15, 0.2) is 48.5 Å². The highest BCUT2D eigenvalue weighted by atomic mass is 32.2. The number of nitrogens with one attached hydrogen (secondary N) is 5. The Balaban J connectivity index is 1.69. The quantitative estimate of drug-likeness (QED) is 0.129. The van der Waals surface area contributed by atoms with Crippen LogP contribution in [0.4, 0.5) is 0 Å². The fourth-order valence-electron chi connectivity index (χ4n) is 6.18. The lowest BCUT2D eigenvalue weighted by Crippen LogP contribution is -2.66. The van der Waals surface area contributed by atoms with Gasteiger partial charge in [-0.3, -0.25) is 43.3 Å². The van der Waals surface area contributed by atoms with Crippen LogP contribution in [0.25, 0.3) is 0 Å². The number of phosphoric acid groups is 1. The number of carbonyl (C=O) groups excluding carboxylic acids is 7. The zero-order valence-electron chi connectivity index (χ0n) is 29.5. The number of phenols is 1. The third-order valence-corrected chi connectivity index (χ3v) is 10.4. The fourth-order valence-corrected chi connectivity index (χ4v) is 7.45. The van der Waals surface area contributed by atoms with Crippen LogP contribution in [0.2, 0.25) is 0 Å². The first-order valence-corrected chi connectivity index (χ1v) is 19.9. The van der Waals surface area contributed by atoms with Crippen LogP contribution in [0.5, 0.6) is 11.5 Å². The number of rotatable bonds is 9. The second kappa shape index (κ2) is 18.9. The first kappa shape index (κ1) is 42.6. The lowest BCUT2D eigenvalue weighted by atomic mass is 9.80. The standard InChI is InChI=1S/C34H44N7O12PS/c35-27(43)16-25-31(47)38-23(14-19-4-8-21(42)9-5-19)30(46)39-26(29(36)45)17-55-18-28(44)37-24(15-20-6-10-22(11-7-20)53-54(50,51)52)32(48)41-34(33(49)40-25)12-2-1-3-13-34/h4-11,23-26,42H,1-3,12-18H2,(H2,35,43)(H2,36,45)(H,37,44)(H,38,47)(H,39,46)(H,40,49)(H,41,48)(H2,50,51,52)/t23-,24-,25-,26-/m0/s1. The highest BCUT2D eigenvalue weighted by molar-refractivity contribution is 8.00. The second-order valence-corrected chi connectivity index (χ2v) is 15.5. The smallest absolute Gasteiger partial charge is 0.508 e. The van der Waals surface area contributed by atoms with Gasteiger partial charge in [0.1, 0.15) is 41.2 Å². The van der Waals surface area contributed by atoms with Gasteiger partial charge in [0.25, 0.3) is 0 Å². The molecule has 298 valence electrons. The molecule has 2 fully saturated rings. The molecule has 0 bridgehead atoms. The Morgan fingerprint density at radius 3 is 1.91 bits per heavy atom. The lowest BCUT2D eigenvalue weighted by molar-refractivity contribution is -0.139. The van der Waals surface area contributed by atoms with Gasteiger partial charge in [-0.05, 0) is 48.2 Å². The molecule has 2 aromatic rings. The molecule has 1 aliphatic carbocycles. The van der Waals surface area contributed by atoms with Crippen molar-refractivity contribution >= 4 is 60.9 Å². The molecule has 1 saturated heterocycles. The molecule has 1 spiro atoms. The molecule has 4 atom stereocenters. The minimum absolute atomic E-state index is 0.0547. The van der Waals surface area contributed by atoms with E-state index in [9.17, 15) is 43.2 Å². The van der Waals surface area contributed by atoms with E-state index in [-0.39, 0.29) is 48.7 Å². The van der Waals surface area contributed by atoms with E-state index in [4.69, 9.17) is 21.3 Å². The molecule has 1 aliphatic heterocycles. The Kier molecular flexibility index (Phi) is 14.6. The summed E-state index contributed by atoms with van der Waals surface area (Å²) in [6.07, 6.45) is 1.03. The maximum absolute atomic E-state index is 14.2. The molecule has 0 unspecified atom stereocenters. The summed E-state index contributed by atoms with van der Waals surface area (Å²) in [5.41, 5.74) is 10.4. The number of amides is 7. The number of hydrogen-bond acceptors (Lipinski definition) is 11. The highest BCUT2D eigenvalue weighted by Crippen LogP contribution is 2.37. The lowest BCUT2D eigenvalue weighted by Gasteiger charge is -2.38. The summed E-state index contributed by atoms with van der Waals surface area (Å²) in [5.74, 6) is -6.65. The van der Waals surface area contributed by atoms with E-state index in [1.165, 1.54) is 48.5 Å². The molecule has 55 heavy (non-hydrogen) atoms. The number of carbonyl (C=O) groups is 7. The minimum Gasteiger partial charge on any atom is -0.508 e. The Hall–Kier alpha value is -5.17. The summed E-state index contributed by atoms with van der Waals surface area (Å²) in [6.45, 7) is 0. The number of hydrogen-bond donors (Lipinski definition) is 10. The monoisotopic (exact) mass is 805 g/mol. The summed E-state index contributed by atoms with van der Waals surface area (Å²) >= 11 is 0.916. The summed E-state index contributed by atoms with van der Waals surface area (Å²) in [7, 11) is -4.85. The van der Waals surface area contributed by atoms with Crippen LogP contribution in [-0.4, -0.2) is 97.5 Å². The second-order valence-electron chi connectivity index (χ2n) is 13.3. The van der Waals surface area contributed by atoms with Crippen LogP contribution >= 0.6 is 19.6 Å². The molecule has 0 radical (unpaired) electrons. The van der Waals surface area contributed by atoms with E-state index in [0.717, 1.165) is 18.2 Å². The van der Waals surface area contributed by atoms with Gasteiger partial charge in [-0.25, -0.2) is 4.57 Å². The first-order chi connectivity index (χ1) is 25.9. The summed E-state index contributed by atoms with van der Waals surface area (Å²) in [6, 6.07) is 5.48. The summed E-state index contributed by atoms with van der Waals surface area (Å²) in [4.78, 5) is 112. The van der Waals surface area contributed by atoms with Gasteiger partial charge in [-0.1, -0.05) is 43.5 Å². The van der Waals surface area contributed by atoms with Gasteiger partial charge in [0.2, 0.25) is 41.4 Å². The molecule has 2 aliphatic rings. The Morgan fingerprint density at radius 1 is 0.782 bits per heavy atom. The number of primary amides is 2. The largest absolute Gasteiger partial charge is 0.524 e. The number of nitrogens with two attached hydrogens (primary N) is 2. The first-order valence-electron chi connectivity index (χ1n) is 17.2. The number of aromatic hydroxyl groups is 1. The topological polar surface area (TPSA) is 319 Å².